The van der Waals surface area contributed by atoms with E-state index in [1.165, 1.54) is 12.1 Å². The summed E-state index contributed by atoms with van der Waals surface area (Å²) in [5.74, 6) is -2.48. The summed E-state index contributed by atoms with van der Waals surface area (Å²) in [5, 5.41) is 13.7. The number of hydrogen-bond donors (Lipinski definition) is 2. The SMILES string of the molecule is CCSC1CCC1(O)CNc1ccc(S(=O)(=O)C(F)F)cc1. The van der Waals surface area contributed by atoms with Crippen LogP contribution < -0.4 is 5.32 Å². The van der Waals surface area contributed by atoms with E-state index >= 15 is 0 Å². The fraction of sp³-hybridized carbons (Fsp3) is 0.571. The molecule has 0 aliphatic heterocycles. The van der Waals surface area contributed by atoms with Crippen LogP contribution in [0.3, 0.4) is 0 Å². The maximum Gasteiger partial charge on any atom is 0.341 e. The Bertz CT molecular complexity index is 607. The third-order valence-corrected chi connectivity index (χ3v) is 6.63. The number of hydrogen-bond acceptors (Lipinski definition) is 5. The monoisotopic (exact) mass is 351 g/mol. The van der Waals surface area contributed by atoms with Gasteiger partial charge in [0.1, 0.15) is 0 Å². The van der Waals surface area contributed by atoms with Gasteiger partial charge in [0.2, 0.25) is 9.84 Å². The Kier molecular flexibility index (Phi) is 5.34. The summed E-state index contributed by atoms with van der Waals surface area (Å²) in [6, 6.07) is 5.15. The quantitative estimate of drug-likeness (QED) is 0.791. The summed E-state index contributed by atoms with van der Waals surface area (Å²) in [5.41, 5.74) is -0.178. The number of rotatable bonds is 7. The van der Waals surface area contributed by atoms with Gasteiger partial charge in [-0.3, -0.25) is 0 Å². The number of nitrogens with one attached hydrogen (secondary N) is 1. The zero-order valence-electron chi connectivity index (χ0n) is 12.1. The molecule has 4 nitrogen and oxygen atoms in total. The fourth-order valence-electron chi connectivity index (χ4n) is 2.36. The van der Waals surface area contributed by atoms with Crippen molar-refractivity contribution in [3.63, 3.8) is 0 Å². The predicted molar refractivity (Wildman–Crippen MR) is 84.2 cm³/mol. The minimum Gasteiger partial charge on any atom is -0.387 e. The zero-order chi connectivity index (χ0) is 16.4. The van der Waals surface area contributed by atoms with E-state index in [4.69, 9.17) is 0 Å². The fourth-order valence-corrected chi connectivity index (χ4v) is 4.28. The Morgan fingerprint density at radius 3 is 2.50 bits per heavy atom. The summed E-state index contributed by atoms with van der Waals surface area (Å²) in [7, 11) is -4.56. The first-order chi connectivity index (χ1) is 10.3. The van der Waals surface area contributed by atoms with Crippen molar-refractivity contribution in [2.45, 2.75) is 41.3 Å². The van der Waals surface area contributed by atoms with Crippen LogP contribution in [0.5, 0.6) is 0 Å². The molecule has 2 rings (SSSR count). The van der Waals surface area contributed by atoms with Crippen LogP contribution in [0, 0.1) is 0 Å². The molecule has 0 bridgehead atoms. The number of thioether (sulfide) groups is 1. The molecule has 1 aromatic rings. The van der Waals surface area contributed by atoms with Crippen LogP contribution in [-0.4, -0.2) is 42.4 Å². The predicted octanol–water partition coefficient (Wildman–Crippen LogP) is 2.74. The largest absolute Gasteiger partial charge is 0.387 e. The number of sulfone groups is 1. The van der Waals surface area contributed by atoms with Crippen LogP contribution in [0.1, 0.15) is 19.8 Å². The molecule has 0 spiro atoms. The van der Waals surface area contributed by atoms with Crippen LogP contribution >= 0.6 is 11.8 Å². The molecular weight excluding hydrogens is 332 g/mol. The molecule has 8 heteroatoms. The molecule has 0 radical (unpaired) electrons. The lowest BCUT2D eigenvalue weighted by molar-refractivity contribution is -0.0120. The standard InChI is InChI=1S/C14H19F2NO3S2/c1-2-21-12-7-8-14(12,18)9-17-10-3-5-11(6-4-10)22(19,20)13(15)16/h3-6,12-13,17-18H,2,7-9H2,1H3. The highest BCUT2D eigenvalue weighted by Crippen LogP contribution is 2.41. The molecule has 1 aliphatic carbocycles. The van der Waals surface area contributed by atoms with Gasteiger partial charge in [0.25, 0.3) is 0 Å². The molecule has 1 fully saturated rings. The summed E-state index contributed by atoms with van der Waals surface area (Å²) in [6.07, 6.45) is 1.69. The Morgan fingerprint density at radius 2 is 2.05 bits per heavy atom. The lowest BCUT2D eigenvalue weighted by Gasteiger charge is -2.45. The molecule has 2 atom stereocenters. The first-order valence-electron chi connectivity index (χ1n) is 6.99. The van der Waals surface area contributed by atoms with Crippen LogP contribution in [0.2, 0.25) is 0 Å². The van der Waals surface area contributed by atoms with Gasteiger partial charge < -0.3 is 10.4 Å². The number of halogens is 2. The van der Waals surface area contributed by atoms with Gasteiger partial charge >= 0.3 is 5.76 Å². The lowest BCUT2D eigenvalue weighted by Crippen LogP contribution is -2.54. The summed E-state index contributed by atoms with van der Waals surface area (Å²) >= 11 is 1.72. The van der Waals surface area contributed by atoms with Crippen molar-refractivity contribution in [2.24, 2.45) is 0 Å². The van der Waals surface area contributed by atoms with Gasteiger partial charge in [0.05, 0.1) is 10.5 Å². The normalized spacial score (nSPS) is 25.0. The van der Waals surface area contributed by atoms with E-state index in [-0.39, 0.29) is 5.25 Å². The Labute approximate surface area is 133 Å². The van der Waals surface area contributed by atoms with Crippen molar-refractivity contribution < 1.29 is 22.3 Å². The van der Waals surface area contributed by atoms with E-state index in [1.54, 1.807) is 11.8 Å². The molecule has 1 aromatic carbocycles. The Balaban J connectivity index is 1.98. The van der Waals surface area contributed by atoms with Gasteiger partial charge in [-0.25, -0.2) is 8.42 Å². The number of alkyl halides is 2. The molecule has 2 unspecified atom stereocenters. The summed E-state index contributed by atoms with van der Waals surface area (Å²) in [4.78, 5) is -0.408. The van der Waals surface area contributed by atoms with Gasteiger partial charge in [-0.05, 0) is 42.9 Å². The summed E-state index contributed by atoms with van der Waals surface area (Å²) < 4.78 is 47.5. The van der Waals surface area contributed by atoms with Crippen molar-refractivity contribution in [1.29, 1.82) is 0 Å². The van der Waals surface area contributed by atoms with Crippen molar-refractivity contribution in [2.75, 3.05) is 17.6 Å². The van der Waals surface area contributed by atoms with Gasteiger partial charge in [-0.15, -0.1) is 0 Å². The molecule has 0 saturated heterocycles. The number of anilines is 1. The second kappa shape index (κ2) is 6.72. The average molecular weight is 351 g/mol. The molecule has 22 heavy (non-hydrogen) atoms. The topological polar surface area (TPSA) is 66.4 Å². The third kappa shape index (κ3) is 3.55. The average Bonchev–Trinajstić information content (AvgIpc) is 2.49. The Hall–Kier alpha value is -0.860. The first-order valence-corrected chi connectivity index (χ1v) is 9.59. The van der Waals surface area contributed by atoms with Crippen molar-refractivity contribution in [3.05, 3.63) is 24.3 Å². The highest BCUT2D eigenvalue weighted by molar-refractivity contribution is 8.00. The highest BCUT2D eigenvalue weighted by atomic mass is 32.2. The second-order valence-corrected chi connectivity index (χ2v) is 8.67. The van der Waals surface area contributed by atoms with Crippen LogP contribution in [-0.2, 0) is 9.84 Å². The molecular formula is C14H19F2NO3S2. The number of benzene rings is 1. The third-order valence-electron chi connectivity index (χ3n) is 3.82. The summed E-state index contributed by atoms with van der Waals surface area (Å²) in [6.45, 7) is 2.39. The molecule has 0 amide bonds. The molecule has 2 N–H and O–H groups in total. The maximum atomic E-state index is 12.4. The second-order valence-electron chi connectivity index (χ2n) is 5.27. The molecule has 0 aromatic heterocycles. The molecule has 1 saturated carbocycles. The molecule has 0 heterocycles. The highest BCUT2D eigenvalue weighted by Gasteiger charge is 2.44. The van der Waals surface area contributed by atoms with E-state index in [2.05, 4.69) is 5.32 Å². The molecule has 1 aliphatic rings. The van der Waals surface area contributed by atoms with Crippen LogP contribution in [0.25, 0.3) is 0 Å². The minimum absolute atomic E-state index is 0.198. The van der Waals surface area contributed by atoms with Gasteiger partial charge in [-0.2, -0.15) is 20.5 Å². The smallest absolute Gasteiger partial charge is 0.341 e. The Morgan fingerprint density at radius 1 is 1.41 bits per heavy atom. The van der Waals surface area contributed by atoms with E-state index in [0.717, 1.165) is 30.7 Å². The maximum absolute atomic E-state index is 12.4. The lowest BCUT2D eigenvalue weighted by atomic mass is 9.79. The van der Waals surface area contributed by atoms with Crippen molar-refractivity contribution in [3.8, 4) is 0 Å². The van der Waals surface area contributed by atoms with Gasteiger partial charge in [0.15, 0.2) is 0 Å². The minimum atomic E-state index is -4.56. The van der Waals surface area contributed by atoms with E-state index in [0.29, 0.717) is 12.2 Å². The molecule has 124 valence electrons. The first kappa shape index (κ1) is 17.5. The van der Waals surface area contributed by atoms with E-state index < -0.39 is 26.1 Å². The van der Waals surface area contributed by atoms with Crippen LogP contribution in [0.15, 0.2) is 29.2 Å². The van der Waals surface area contributed by atoms with Crippen LogP contribution in [0.4, 0.5) is 14.5 Å². The van der Waals surface area contributed by atoms with Gasteiger partial charge in [0, 0.05) is 17.5 Å². The van der Waals surface area contributed by atoms with Crippen molar-refractivity contribution in [1.82, 2.24) is 0 Å². The van der Waals surface area contributed by atoms with E-state index in [1.807, 2.05) is 6.92 Å². The van der Waals surface area contributed by atoms with Crippen molar-refractivity contribution >= 4 is 27.3 Å². The van der Waals surface area contributed by atoms with Gasteiger partial charge in [-0.1, -0.05) is 6.92 Å². The van der Waals surface area contributed by atoms with E-state index in [9.17, 15) is 22.3 Å². The zero-order valence-corrected chi connectivity index (χ0v) is 13.8. The number of aliphatic hydroxyl groups is 1.